The zero-order valence-electron chi connectivity index (χ0n) is 8.33. The Bertz CT molecular complexity index is 385. The van der Waals surface area contributed by atoms with E-state index in [-0.39, 0.29) is 23.2 Å². The van der Waals surface area contributed by atoms with Crippen LogP contribution in [0.25, 0.3) is 0 Å². The molecule has 0 atom stereocenters. The lowest BCUT2D eigenvalue weighted by Gasteiger charge is -2.08. The molecule has 6 heteroatoms. The number of alkyl halides is 3. The number of halogens is 3. The zero-order valence-corrected chi connectivity index (χ0v) is 9.91. The molecule has 0 radical (unpaired) electrons. The number of rotatable bonds is 5. The third-order valence-electron chi connectivity index (χ3n) is 2.18. The third kappa shape index (κ3) is 2.98. The van der Waals surface area contributed by atoms with Gasteiger partial charge in [0, 0.05) is 22.5 Å². The van der Waals surface area contributed by atoms with Crippen molar-refractivity contribution in [1.29, 1.82) is 0 Å². The lowest BCUT2D eigenvalue weighted by molar-refractivity contribution is -0.385. The van der Waals surface area contributed by atoms with E-state index in [1.165, 1.54) is 18.2 Å². The van der Waals surface area contributed by atoms with Crippen LogP contribution in [0.15, 0.2) is 18.2 Å². The van der Waals surface area contributed by atoms with Crippen LogP contribution in [0.2, 0.25) is 0 Å². The monoisotopic (exact) mass is 293 g/mol. The molecule has 0 N–H and O–H groups in total. The molecule has 0 unspecified atom stereocenters. The highest BCUT2D eigenvalue weighted by molar-refractivity contribution is 9.09. The Balaban J connectivity index is 3.18. The SMILES string of the molecule is O=[N+]([O-])c1cccc(C(F)F)c1CCCBr. The molecule has 0 fully saturated rings. The van der Waals surface area contributed by atoms with Crippen molar-refractivity contribution in [3.63, 3.8) is 0 Å². The minimum Gasteiger partial charge on any atom is -0.258 e. The summed E-state index contributed by atoms with van der Waals surface area (Å²) < 4.78 is 25.3. The minimum atomic E-state index is -2.68. The standard InChI is InChI=1S/C10H10BrF2NO2/c11-6-2-4-7-8(10(12)13)3-1-5-9(7)14(15)16/h1,3,5,10H,2,4,6H2. The van der Waals surface area contributed by atoms with Gasteiger partial charge in [-0.05, 0) is 12.8 Å². The number of nitrogens with zero attached hydrogens (tertiary/aromatic N) is 1. The third-order valence-corrected chi connectivity index (χ3v) is 2.74. The summed E-state index contributed by atoms with van der Waals surface area (Å²) in [7, 11) is 0. The van der Waals surface area contributed by atoms with E-state index in [1.54, 1.807) is 0 Å². The molecule has 0 aliphatic heterocycles. The molecule has 0 aromatic heterocycles. The maximum Gasteiger partial charge on any atom is 0.273 e. The van der Waals surface area contributed by atoms with E-state index in [9.17, 15) is 18.9 Å². The molecule has 0 amide bonds. The molecule has 0 spiro atoms. The van der Waals surface area contributed by atoms with Crippen molar-refractivity contribution < 1.29 is 13.7 Å². The average molecular weight is 294 g/mol. The van der Waals surface area contributed by atoms with Crippen molar-refractivity contribution in [1.82, 2.24) is 0 Å². The molecular weight excluding hydrogens is 284 g/mol. The predicted octanol–water partition coefficient (Wildman–Crippen LogP) is 3.86. The van der Waals surface area contributed by atoms with Crippen LogP contribution in [0.1, 0.15) is 24.0 Å². The molecule has 16 heavy (non-hydrogen) atoms. The molecule has 1 aromatic rings. The summed E-state index contributed by atoms with van der Waals surface area (Å²) in [6.07, 6.45) is -1.81. The number of nitro groups is 1. The van der Waals surface area contributed by atoms with Gasteiger partial charge < -0.3 is 0 Å². The molecule has 88 valence electrons. The van der Waals surface area contributed by atoms with E-state index in [2.05, 4.69) is 15.9 Å². The molecule has 0 bridgehead atoms. The first-order valence-electron chi connectivity index (χ1n) is 4.68. The number of hydrogen-bond donors (Lipinski definition) is 0. The van der Waals surface area contributed by atoms with Gasteiger partial charge in [-0.15, -0.1) is 0 Å². The summed E-state index contributed by atoms with van der Waals surface area (Å²) in [5.41, 5.74) is -0.323. The molecule has 0 heterocycles. The fraction of sp³-hybridized carbons (Fsp3) is 0.400. The molecule has 0 aliphatic rings. The Morgan fingerprint density at radius 2 is 2.12 bits per heavy atom. The van der Waals surface area contributed by atoms with Gasteiger partial charge in [0.2, 0.25) is 0 Å². The van der Waals surface area contributed by atoms with Crippen LogP contribution >= 0.6 is 15.9 Å². The van der Waals surface area contributed by atoms with Crippen molar-refractivity contribution in [2.75, 3.05) is 5.33 Å². The van der Waals surface area contributed by atoms with Gasteiger partial charge in [0.1, 0.15) is 0 Å². The summed E-state index contributed by atoms with van der Waals surface area (Å²) in [6, 6.07) is 3.79. The van der Waals surface area contributed by atoms with E-state index in [0.717, 1.165) is 0 Å². The van der Waals surface area contributed by atoms with Crippen molar-refractivity contribution in [3.05, 3.63) is 39.4 Å². The Labute approximate surface area is 99.7 Å². The van der Waals surface area contributed by atoms with Crippen LogP contribution in [0.3, 0.4) is 0 Å². The Hall–Kier alpha value is -1.04. The van der Waals surface area contributed by atoms with Gasteiger partial charge >= 0.3 is 0 Å². The summed E-state index contributed by atoms with van der Waals surface area (Å²) in [6.45, 7) is 0. The quantitative estimate of drug-likeness (QED) is 0.470. The van der Waals surface area contributed by atoms with Crippen LogP contribution in [-0.4, -0.2) is 10.3 Å². The summed E-state index contributed by atoms with van der Waals surface area (Å²) in [4.78, 5) is 10.1. The topological polar surface area (TPSA) is 43.1 Å². The maximum atomic E-state index is 12.7. The predicted molar refractivity (Wildman–Crippen MR) is 60.2 cm³/mol. The van der Waals surface area contributed by atoms with Crippen molar-refractivity contribution in [3.8, 4) is 0 Å². The second-order valence-corrected chi connectivity index (χ2v) is 3.99. The second kappa shape index (κ2) is 5.89. The fourth-order valence-corrected chi connectivity index (χ4v) is 1.76. The Morgan fingerprint density at radius 1 is 1.44 bits per heavy atom. The first-order valence-corrected chi connectivity index (χ1v) is 5.80. The van der Waals surface area contributed by atoms with Gasteiger partial charge in [0.25, 0.3) is 12.1 Å². The Kier molecular flexibility index (Phi) is 4.79. The van der Waals surface area contributed by atoms with Crippen molar-refractivity contribution in [2.24, 2.45) is 0 Å². The zero-order chi connectivity index (χ0) is 12.1. The summed E-state index contributed by atoms with van der Waals surface area (Å²) in [5, 5.41) is 11.3. The highest BCUT2D eigenvalue weighted by atomic mass is 79.9. The highest BCUT2D eigenvalue weighted by Crippen LogP contribution is 2.30. The molecule has 0 saturated carbocycles. The van der Waals surface area contributed by atoms with Crippen LogP contribution < -0.4 is 0 Å². The first kappa shape index (κ1) is 13.0. The maximum absolute atomic E-state index is 12.7. The van der Waals surface area contributed by atoms with E-state index in [4.69, 9.17) is 0 Å². The number of nitro benzene ring substituents is 1. The van der Waals surface area contributed by atoms with Crippen molar-refractivity contribution >= 4 is 21.6 Å². The highest BCUT2D eigenvalue weighted by Gasteiger charge is 2.21. The lowest BCUT2D eigenvalue weighted by Crippen LogP contribution is -2.01. The molecule has 1 aromatic carbocycles. The van der Waals surface area contributed by atoms with Gasteiger partial charge in [0.15, 0.2) is 0 Å². The smallest absolute Gasteiger partial charge is 0.258 e. The molecule has 0 saturated heterocycles. The van der Waals surface area contributed by atoms with Crippen LogP contribution in [0, 0.1) is 10.1 Å². The van der Waals surface area contributed by atoms with Crippen LogP contribution in [0.5, 0.6) is 0 Å². The van der Waals surface area contributed by atoms with Crippen LogP contribution in [0.4, 0.5) is 14.5 Å². The van der Waals surface area contributed by atoms with Gasteiger partial charge in [-0.1, -0.05) is 28.1 Å². The van der Waals surface area contributed by atoms with E-state index in [0.29, 0.717) is 11.8 Å². The van der Waals surface area contributed by atoms with Gasteiger partial charge in [0.05, 0.1) is 4.92 Å². The average Bonchev–Trinajstić information content (AvgIpc) is 2.25. The fourth-order valence-electron chi connectivity index (χ4n) is 1.48. The largest absolute Gasteiger partial charge is 0.273 e. The molecule has 0 aliphatic carbocycles. The van der Waals surface area contributed by atoms with E-state index < -0.39 is 11.3 Å². The summed E-state index contributed by atoms with van der Waals surface area (Å²) in [5.74, 6) is 0. The summed E-state index contributed by atoms with van der Waals surface area (Å²) >= 11 is 3.17. The number of hydrogen-bond acceptors (Lipinski definition) is 2. The van der Waals surface area contributed by atoms with Crippen molar-refractivity contribution in [2.45, 2.75) is 19.3 Å². The molecular formula is C10H10BrF2NO2. The first-order chi connectivity index (χ1) is 7.57. The normalized spacial score (nSPS) is 10.8. The van der Waals surface area contributed by atoms with Crippen LogP contribution in [-0.2, 0) is 6.42 Å². The molecule has 1 rings (SSSR count). The lowest BCUT2D eigenvalue weighted by atomic mass is 10.0. The van der Waals surface area contributed by atoms with Gasteiger partial charge in [-0.2, -0.15) is 0 Å². The number of benzene rings is 1. The van der Waals surface area contributed by atoms with Gasteiger partial charge in [-0.25, -0.2) is 8.78 Å². The molecule has 3 nitrogen and oxygen atoms in total. The van der Waals surface area contributed by atoms with Gasteiger partial charge in [-0.3, -0.25) is 10.1 Å². The van der Waals surface area contributed by atoms with E-state index >= 15 is 0 Å². The van der Waals surface area contributed by atoms with E-state index in [1.807, 2.05) is 0 Å². The second-order valence-electron chi connectivity index (χ2n) is 3.20. The Morgan fingerprint density at radius 3 is 2.62 bits per heavy atom. The minimum absolute atomic E-state index is 0.141.